The zero-order chi connectivity index (χ0) is 15.6. The quantitative estimate of drug-likeness (QED) is 0.681. The predicted octanol–water partition coefficient (Wildman–Crippen LogP) is 1.22. The van der Waals surface area contributed by atoms with E-state index in [-0.39, 0.29) is 15.9 Å². The van der Waals surface area contributed by atoms with E-state index in [1.54, 1.807) is 6.92 Å². The average Bonchev–Trinajstić information content (AvgIpc) is 2.99. The number of rotatable bonds is 4. The van der Waals surface area contributed by atoms with Crippen LogP contribution in [0.2, 0.25) is 0 Å². The maximum absolute atomic E-state index is 13.6. The number of carbonyl (C=O) groups excluding carboxylic acids is 1. The minimum atomic E-state index is -2.94. The van der Waals surface area contributed by atoms with Gasteiger partial charge in [0.05, 0.1) is 17.5 Å². The molecule has 10 heteroatoms. The molecule has 0 radical (unpaired) electrons. The third-order valence-electron chi connectivity index (χ3n) is 2.64. The number of hydrogen-bond donors (Lipinski definition) is 1. The zero-order valence-corrected chi connectivity index (χ0v) is 11.1. The van der Waals surface area contributed by atoms with E-state index in [1.807, 2.05) is 5.43 Å². The van der Waals surface area contributed by atoms with Crippen LogP contribution in [0.3, 0.4) is 0 Å². The Morgan fingerprint density at radius 3 is 2.81 bits per heavy atom. The van der Waals surface area contributed by atoms with E-state index in [0.717, 1.165) is 23.2 Å². The predicted molar refractivity (Wildman–Crippen MR) is 66.4 cm³/mol. The van der Waals surface area contributed by atoms with Crippen molar-refractivity contribution in [3.05, 3.63) is 35.2 Å². The number of alkyl halides is 2. The number of nitrogens with one attached hydrogen (secondary N) is 1. The number of hydrazone groups is 1. The summed E-state index contributed by atoms with van der Waals surface area (Å²) in [5.41, 5.74) is 2.15. The van der Waals surface area contributed by atoms with Gasteiger partial charge in [-0.3, -0.25) is 4.79 Å². The van der Waals surface area contributed by atoms with Crippen LogP contribution in [0, 0.1) is 12.9 Å². The van der Waals surface area contributed by atoms with Crippen molar-refractivity contribution in [2.24, 2.45) is 12.1 Å². The molecule has 0 aliphatic carbocycles. The third-order valence-corrected chi connectivity index (χ3v) is 2.64. The number of nitrogens with zero attached hydrogens (tertiary/aromatic N) is 5. The van der Waals surface area contributed by atoms with Gasteiger partial charge in [0, 0.05) is 13.2 Å². The van der Waals surface area contributed by atoms with Crippen LogP contribution in [0.15, 0.2) is 17.4 Å². The standard InChI is InChI=1S/C11H11F3N6O/c1-6-7(9(12)19(2)18-6)5-15-17-10(21)8-3-4-16-20(8)11(13)14/h3-5,11H,1-2H3,(H,17,21). The maximum atomic E-state index is 13.6. The van der Waals surface area contributed by atoms with Gasteiger partial charge < -0.3 is 0 Å². The van der Waals surface area contributed by atoms with Crippen molar-refractivity contribution >= 4 is 12.1 Å². The lowest BCUT2D eigenvalue weighted by Gasteiger charge is -2.03. The summed E-state index contributed by atoms with van der Waals surface area (Å²) < 4.78 is 39.9. The molecule has 0 saturated carbocycles. The molecule has 0 saturated heterocycles. The van der Waals surface area contributed by atoms with Crippen LogP contribution in [0.5, 0.6) is 0 Å². The van der Waals surface area contributed by atoms with Crippen LogP contribution >= 0.6 is 0 Å². The van der Waals surface area contributed by atoms with E-state index in [4.69, 9.17) is 0 Å². The Kier molecular flexibility index (Phi) is 4.05. The molecular weight excluding hydrogens is 289 g/mol. The van der Waals surface area contributed by atoms with Crippen molar-refractivity contribution in [2.45, 2.75) is 13.5 Å². The summed E-state index contributed by atoms with van der Waals surface area (Å²) in [5, 5.41) is 10.7. The van der Waals surface area contributed by atoms with Gasteiger partial charge in [-0.1, -0.05) is 0 Å². The second-order valence-corrected chi connectivity index (χ2v) is 4.05. The molecule has 0 bridgehead atoms. The third kappa shape index (κ3) is 2.93. The van der Waals surface area contributed by atoms with E-state index in [9.17, 15) is 18.0 Å². The smallest absolute Gasteiger partial charge is 0.266 e. The minimum Gasteiger partial charge on any atom is -0.266 e. The molecule has 0 spiro atoms. The molecule has 2 aromatic heterocycles. The molecule has 1 amide bonds. The molecule has 2 rings (SSSR count). The molecule has 0 aromatic carbocycles. The van der Waals surface area contributed by atoms with Crippen LogP contribution in [0.1, 0.15) is 28.3 Å². The van der Waals surface area contributed by atoms with Gasteiger partial charge in [0.2, 0.25) is 5.95 Å². The Morgan fingerprint density at radius 2 is 2.24 bits per heavy atom. The van der Waals surface area contributed by atoms with Gasteiger partial charge in [0.15, 0.2) is 0 Å². The molecule has 21 heavy (non-hydrogen) atoms. The van der Waals surface area contributed by atoms with Crippen LogP contribution in [0.4, 0.5) is 13.2 Å². The highest BCUT2D eigenvalue weighted by Gasteiger charge is 2.17. The zero-order valence-electron chi connectivity index (χ0n) is 11.1. The van der Waals surface area contributed by atoms with E-state index >= 15 is 0 Å². The van der Waals surface area contributed by atoms with Crippen molar-refractivity contribution in [3.63, 3.8) is 0 Å². The molecule has 2 heterocycles. The Labute approximate surface area is 117 Å². The Hall–Kier alpha value is -2.65. The normalized spacial score (nSPS) is 11.5. The summed E-state index contributed by atoms with van der Waals surface area (Å²) in [6.45, 7) is -1.37. The Bertz CT molecular complexity index is 690. The average molecular weight is 300 g/mol. The van der Waals surface area contributed by atoms with Gasteiger partial charge in [0.1, 0.15) is 5.69 Å². The van der Waals surface area contributed by atoms with E-state index in [1.165, 1.54) is 7.05 Å². The first-order valence-corrected chi connectivity index (χ1v) is 5.76. The topological polar surface area (TPSA) is 77.1 Å². The van der Waals surface area contributed by atoms with Gasteiger partial charge in [-0.05, 0) is 13.0 Å². The van der Waals surface area contributed by atoms with Crippen LogP contribution in [-0.4, -0.2) is 31.7 Å². The maximum Gasteiger partial charge on any atom is 0.333 e. The Balaban J connectivity index is 2.10. The second kappa shape index (κ2) is 5.77. The highest BCUT2D eigenvalue weighted by Crippen LogP contribution is 2.12. The molecular formula is C11H11F3N6O. The molecule has 7 nitrogen and oxygen atoms in total. The molecule has 112 valence electrons. The number of halogens is 3. The summed E-state index contributed by atoms with van der Waals surface area (Å²) in [4.78, 5) is 11.7. The van der Waals surface area contributed by atoms with Crippen LogP contribution < -0.4 is 5.43 Å². The number of carbonyl (C=O) groups is 1. The lowest BCUT2D eigenvalue weighted by atomic mass is 10.3. The molecule has 1 N–H and O–H groups in total. The SMILES string of the molecule is Cc1nn(C)c(F)c1C=NNC(=O)c1ccnn1C(F)F. The van der Waals surface area contributed by atoms with Crippen molar-refractivity contribution in [2.75, 3.05) is 0 Å². The van der Waals surface area contributed by atoms with Crippen LogP contribution in [0.25, 0.3) is 0 Å². The number of aryl methyl sites for hydroxylation is 2. The van der Waals surface area contributed by atoms with Crippen molar-refractivity contribution in [1.82, 2.24) is 25.0 Å². The minimum absolute atomic E-state index is 0.0974. The van der Waals surface area contributed by atoms with Gasteiger partial charge in [-0.25, -0.2) is 10.1 Å². The molecule has 2 aromatic rings. The summed E-state index contributed by atoms with van der Waals surface area (Å²) in [6, 6.07) is 1.12. The monoisotopic (exact) mass is 300 g/mol. The largest absolute Gasteiger partial charge is 0.333 e. The highest BCUT2D eigenvalue weighted by molar-refractivity contribution is 5.93. The molecule has 0 unspecified atom stereocenters. The fraction of sp³-hybridized carbons (Fsp3) is 0.273. The van der Waals surface area contributed by atoms with Crippen LogP contribution in [-0.2, 0) is 7.05 Å². The molecule has 0 aliphatic heterocycles. The summed E-state index contributed by atoms with van der Waals surface area (Å²) >= 11 is 0. The fourth-order valence-corrected chi connectivity index (χ4v) is 1.66. The van der Waals surface area contributed by atoms with Crippen molar-refractivity contribution in [3.8, 4) is 0 Å². The Morgan fingerprint density at radius 1 is 1.52 bits per heavy atom. The number of amides is 1. The first-order valence-electron chi connectivity index (χ1n) is 5.76. The number of aromatic nitrogens is 4. The lowest BCUT2D eigenvalue weighted by Crippen LogP contribution is -2.22. The van der Waals surface area contributed by atoms with E-state index < -0.39 is 18.4 Å². The van der Waals surface area contributed by atoms with Gasteiger partial charge >= 0.3 is 6.55 Å². The van der Waals surface area contributed by atoms with Gasteiger partial charge in [-0.15, -0.1) is 0 Å². The summed E-state index contributed by atoms with van der Waals surface area (Å²) in [6.07, 6.45) is 2.12. The van der Waals surface area contributed by atoms with Crippen molar-refractivity contribution in [1.29, 1.82) is 0 Å². The molecule has 0 fully saturated rings. The van der Waals surface area contributed by atoms with Gasteiger partial charge in [0.25, 0.3) is 5.91 Å². The highest BCUT2D eigenvalue weighted by atomic mass is 19.3. The lowest BCUT2D eigenvalue weighted by molar-refractivity contribution is 0.0510. The van der Waals surface area contributed by atoms with E-state index in [0.29, 0.717) is 5.69 Å². The number of hydrogen-bond acceptors (Lipinski definition) is 4. The second-order valence-electron chi connectivity index (χ2n) is 4.05. The summed E-state index contributed by atoms with van der Waals surface area (Å²) in [5.74, 6) is -1.51. The summed E-state index contributed by atoms with van der Waals surface area (Å²) in [7, 11) is 1.42. The van der Waals surface area contributed by atoms with Crippen molar-refractivity contribution < 1.29 is 18.0 Å². The first kappa shape index (κ1) is 14.8. The van der Waals surface area contributed by atoms with E-state index in [2.05, 4.69) is 15.3 Å². The first-order chi connectivity index (χ1) is 9.91. The molecule has 0 atom stereocenters. The van der Waals surface area contributed by atoms with Gasteiger partial charge in [-0.2, -0.15) is 33.2 Å². The molecule has 0 aliphatic rings. The fourth-order valence-electron chi connectivity index (χ4n) is 1.66.